The number of H-pyrrole nitrogens is 1. The molecule has 0 aliphatic rings. The number of benzene rings is 1. The number of aromatic amines is 1. The predicted octanol–water partition coefficient (Wildman–Crippen LogP) is 3.15. The number of hydrogen-bond acceptors (Lipinski definition) is 1. The van der Waals surface area contributed by atoms with Gasteiger partial charge >= 0.3 is 0 Å². The fourth-order valence-electron chi connectivity index (χ4n) is 1.65. The van der Waals surface area contributed by atoms with Crippen molar-refractivity contribution in [2.75, 3.05) is 0 Å². The minimum atomic E-state index is 0.850. The van der Waals surface area contributed by atoms with E-state index in [4.69, 9.17) is 0 Å². The molecule has 3 heteroatoms. The second-order valence-electron chi connectivity index (χ2n) is 3.57. The molecule has 15 heavy (non-hydrogen) atoms. The van der Waals surface area contributed by atoms with Gasteiger partial charge in [0.2, 0.25) is 0 Å². The Balaban J connectivity index is 2.64. The van der Waals surface area contributed by atoms with Gasteiger partial charge < -0.3 is 4.98 Å². The van der Waals surface area contributed by atoms with Crippen LogP contribution in [0.3, 0.4) is 0 Å². The lowest BCUT2D eigenvalue weighted by atomic mass is 10.1. The smallest absolute Gasteiger partial charge is 0.135 e. The first-order valence-corrected chi connectivity index (χ1v) is 4.79. The Labute approximate surface area is 88.6 Å². The SMILES string of the molecule is C=NC=Nc1[nH]c2ccc(C)cc2c1C. The number of aryl methyl sites for hydroxylation is 2. The van der Waals surface area contributed by atoms with Gasteiger partial charge in [-0.25, -0.2) is 4.99 Å². The van der Waals surface area contributed by atoms with Crippen LogP contribution in [0.4, 0.5) is 5.82 Å². The van der Waals surface area contributed by atoms with Crippen LogP contribution in [0, 0.1) is 13.8 Å². The highest BCUT2D eigenvalue weighted by atomic mass is 15.0. The van der Waals surface area contributed by atoms with Crippen molar-refractivity contribution in [1.29, 1.82) is 0 Å². The molecule has 0 aliphatic carbocycles. The number of aliphatic imine (C=N–C) groups is 2. The molecule has 0 spiro atoms. The molecule has 2 aromatic rings. The van der Waals surface area contributed by atoms with E-state index >= 15 is 0 Å². The lowest BCUT2D eigenvalue weighted by Gasteiger charge is -1.93. The summed E-state index contributed by atoms with van der Waals surface area (Å²) in [6.45, 7) is 7.49. The van der Waals surface area contributed by atoms with E-state index in [0.29, 0.717) is 0 Å². The molecule has 2 rings (SSSR count). The Morgan fingerprint density at radius 1 is 1.33 bits per heavy atom. The van der Waals surface area contributed by atoms with Crippen molar-refractivity contribution in [3.8, 4) is 0 Å². The zero-order chi connectivity index (χ0) is 10.8. The molecule has 0 saturated heterocycles. The van der Waals surface area contributed by atoms with Gasteiger partial charge in [-0.05, 0) is 32.7 Å². The van der Waals surface area contributed by atoms with E-state index in [-0.39, 0.29) is 0 Å². The summed E-state index contributed by atoms with van der Waals surface area (Å²) in [4.78, 5) is 11.0. The summed E-state index contributed by atoms with van der Waals surface area (Å²) in [5, 5.41) is 1.21. The molecule has 0 fully saturated rings. The number of rotatable bonds is 2. The van der Waals surface area contributed by atoms with E-state index in [9.17, 15) is 0 Å². The normalized spacial score (nSPS) is 11.3. The highest BCUT2D eigenvalue weighted by Crippen LogP contribution is 2.27. The van der Waals surface area contributed by atoms with Crippen LogP contribution < -0.4 is 0 Å². The van der Waals surface area contributed by atoms with Crippen molar-refractivity contribution in [2.45, 2.75) is 13.8 Å². The summed E-state index contributed by atoms with van der Waals surface area (Å²) >= 11 is 0. The van der Waals surface area contributed by atoms with Gasteiger partial charge in [-0.2, -0.15) is 0 Å². The van der Waals surface area contributed by atoms with Crippen LogP contribution in [0.5, 0.6) is 0 Å². The first-order chi connectivity index (χ1) is 7.22. The van der Waals surface area contributed by atoms with Gasteiger partial charge in [0, 0.05) is 16.5 Å². The van der Waals surface area contributed by atoms with Crippen LogP contribution in [-0.2, 0) is 0 Å². The van der Waals surface area contributed by atoms with Crippen molar-refractivity contribution < 1.29 is 0 Å². The van der Waals surface area contributed by atoms with E-state index in [0.717, 1.165) is 16.9 Å². The number of nitrogens with zero attached hydrogens (tertiary/aromatic N) is 2. The molecule has 0 saturated carbocycles. The minimum Gasteiger partial charge on any atom is -0.339 e. The average Bonchev–Trinajstić information content (AvgIpc) is 2.53. The molecule has 1 aromatic carbocycles. The second-order valence-corrected chi connectivity index (χ2v) is 3.57. The fraction of sp³-hybridized carbons (Fsp3) is 0.167. The number of nitrogens with one attached hydrogen (secondary N) is 1. The van der Waals surface area contributed by atoms with E-state index in [1.165, 1.54) is 17.3 Å². The van der Waals surface area contributed by atoms with Crippen molar-refractivity contribution in [3.05, 3.63) is 29.3 Å². The van der Waals surface area contributed by atoms with Crippen LogP contribution in [0.1, 0.15) is 11.1 Å². The molecule has 3 nitrogen and oxygen atoms in total. The lowest BCUT2D eigenvalue weighted by molar-refractivity contribution is 1.34. The number of hydrogen-bond donors (Lipinski definition) is 1. The van der Waals surface area contributed by atoms with Crippen molar-refractivity contribution in [1.82, 2.24) is 4.98 Å². The van der Waals surface area contributed by atoms with Gasteiger partial charge in [-0.1, -0.05) is 11.6 Å². The van der Waals surface area contributed by atoms with Crippen LogP contribution in [0.25, 0.3) is 10.9 Å². The molecule has 1 heterocycles. The summed E-state index contributed by atoms with van der Waals surface area (Å²) in [7, 11) is 0. The zero-order valence-electron chi connectivity index (χ0n) is 8.91. The van der Waals surface area contributed by atoms with Gasteiger partial charge in [0.05, 0.1) is 0 Å². The maximum Gasteiger partial charge on any atom is 0.135 e. The van der Waals surface area contributed by atoms with Crippen molar-refractivity contribution >= 4 is 29.8 Å². The second kappa shape index (κ2) is 3.69. The van der Waals surface area contributed by atoms with Gasteiger partial charge in [-0.15, -0.1) is 0 Å². The minimum absolute atomic E-state index is 0.850. The molecule has 1 N–H and O–H groups in total. The molecular formula is C12H13N3. The standard InChI is InChI=1S/C12H13N3/c1-8-4-5-11-10(6-8)9(2)12(15-11)14-7-13-3/h4-7,15H,3H2,1-2H3. The molecular weight excluding hydrogens is 186 g/mol. The molecule has 0 atom stereocenters. The molecule has 76 valence electrons. The molecule has 0 aliphatic heterocycles. The first kappa shape index (κ1) is 9.65. The van der Waals surface area contributed by atoms with Crippen LogP contribution in [0.15, 0.2) is 28.2 Å². The molecule has 0 amide bonds. The van der Waals surface area contributed by atoms with E-state index in [1.807, 2.05) is 6.92 Å². The van der Waals surface area contributed by atoms with Crippen LogP contribution in [-0.4, -0.2) is 18.0 Å². The van der Waals surface area contributed by atoms with E-state index in [1.54, 1.807) is 0 Å². The summed E-state index contributed by atoms with van der Waals surface area (Å²) in [5.74, 6) is 0.850. The average molecular weight is 199 g/mol. The molecule has 0 radical (unpaired) electrons. The maximum absolute atomic E-state index is 4.18. The summed E-state index contributed by atoms with van der Waals surface area (Å²) < 4.78 is 0. The van der Waals surface area contributed by atoms with Crippen LogP contribution >= 0.6 is 0 Å². The number of fused-ring (bicyclic) bond motifs is 1. The van der Waals surface area contributed by atoms with Gasteiger partial charge in [0.1, 0.15) is 12.2 Å². The Morgan fingerprint density at radius 2 is 2.13 bits per heavy atom. The third kappa shape index (κ3) is 1.68. The van der Waals surface area contributed by atoms with Crippen LogP contribution in [0.2, 0.25) is 0 Å². The summed E-state index contributed by atoms with van der Waals surface area (Å²) in [6, 6.07) is 6.30. The van der Waals surface area contributed by atoms with Crippen molar-refractivity contribution in [2.24, 2.45) is 9.98 Å². The van der Waals surface area contributed by atoms with E-state index in [2.05, 4.69) is 46.8 Å². The third-order valence-corrected chi connectivity index (χ3v) is 2.46. The third-order valence-electron chi connectivity index (χ3n) is 2.46. The van der Waals surface area contributed by atoms with Gasteiger partial charge in [0.15, 0.2) is 0 Å². The fourth-order valence-corrected chi connectivity index (χ4v) is 1.65. The van der Waals surface area contributed by atoms with Gasteiger partial charge in [-0.3, -0.25) is 4.99 Å². The largest absolute Gasteiger partial charge is 0.339 e. The van der Waals surface area contributed by atoms with Gasteiger partial charge in [0.25, 0.3) is 0 Å². The predicted molar refractivity (Wildman–Crippen MR) is 65.5 cm³/mol. The number of aromatic nitrogens is 1. The first-order valence-electron chi connectivity index (χ1n) is 4.79. The maximum atomic E-state index is 4.18. The quantitative estimate of drug-likeness (QED) is 0.570. The summed E-state index contributed by atoms with van der Waals surface area (Å²) in [6.07, 6.45) is 1.45. The Morgan fingerprint density at radius 3 is 2.87 bits per heavy atom. The Kier molecular flexibility index (Phi) is 2.37. The monoisotopic (exact) mass is 199 g/mol. The van der Waals surface area contributed by atoms with Crippen molar-refractivity contribution in [3.63, 3.8) is 0 Å². The Bertz CT molecular complexity index is 535. The molecule has 0 unspecified atom stereocenters. The van der Waals surface area contributed by atoms with E-state index < -0.39 is 0 Å². The summed E-state index contributed by atoms with van der Waals surface area (Å²) in [5.41, 5.74) is 3.50. The molecule has 1 aromatic heterocycles. The lowest BCUT2D eigenvalue weighted by Crippen LogP contribution is -1.72. The topological polar surface area (TPSA) is 40.5 Å². The highest BCUT2D eigenvalue weighted by Gasteiger charge is 2.05. The Hall–Kier alpha value is -1.90. The highest BCUT2D eigenvalue weighted by molar-refractivity contribution is 5.89. The zero-order valence-corrected chi connectivity index (χ0v) is 8.91. The molecule has 0 bridgehead atoms.